The van der Waals surface area contributed by atoms with Crippen LogP contribution in [-0.2, 0) is 12.8 Å². The number of nitrogens with zero attached hydrogens (tertiary/aromatic N) is 4. The number of aromatic nitrogens is 1. The van der Waals surface area contributed by atoms with Gasteiger partial charge in [-0.25, -0.2) is 0 Å². The van der Waals surface area contributed by atoms with Crippen molar-refractivity contribution >= 4 is 28.7 Å². The van der Waals surface area contributed by atoms with Crippen molar-refractivity contribution < 1.29 is 19.9 Å². The van der Waals surface area contributed by atoms with Gasteiger partial charge in [0.05, 0.1) is 26.9 Å². The van der Waals surface area contributed by atoms with Gasteiger partial charge < -0.3 is 5.11 Å². The molecule has 0 spiro atoms. The van der Waals surface area contributed by atoms with Gasteiger partial charge in [0.15, 0.2) is 0 Å². The quantitative estimate of drug-likeness (QED) is 0.438. The van der Waals surface area contributed by atoms with Crippen LogP contribution < -0.4 is 0 Å². The van der Waals surface area contributed by atoms with E-state index in [1.807, 2.05) is 12.3 Å². The Bertz CT molecular complexity index is 808. The maximum absolute atomic E-state index is 10.4. The van der Waals surface area contributed by atoms with Gasteiger partial charge in [-0.1, -0.05) is 13.0 Å². The first-order chi connectivity index (χ1) is 12.7. The largest absolute Gasteiger partial charge is 0.497 e. The Hall–Kier alpha value is -3.34. The highest BCUT2D eigenvalue weighted by Crippen LogP contribution is 2.38. The van der Waals surface area contributed by atoms with E-state index in [4.69, 9.17) is 16.7 Å². The molecule has 0 unspecified atom stereocenters. The maximum Gasteiger partial charge on any atom is 0.324 e. The van der Waals surface area contributed by atoms with Crippen molar-refractivity contribution in [3.63, 3.8) is 0 Å². The summed E-state index contributed by atoms with van der Waals surface area (Å²) in [5.41, 5.74) is -0.640. The lowest BCUT2D eigenvalue weighted by molar-refractivity contribution is -0.404. The van der Waals surface area contributed by atoms with Crippen molar-refractivity contribution in [1.29, 1.82) is 0 Å². The molecule has 1 N–H and O–H groups in total. The molecular formula is C15H15ClN4O7. The fraction of sp³-hybridized carbons (Fsp3) is 0.267. The van der Waals surface area contributed by atoms with Gasteiger partial charge in [-0.15, -0.1) is 11.6 Å². The average molecular weight is 399 g/mol. The molecule has 12 heteroatoms. The molecule has 2 rings (SSSR count). The summed E-state index contributed by atoms with van der Waals surface area (Å²) in [6.45, 7) is 2.12. The molecule has 0 saturated carbocycles. The molecule has 0 bridgehead atoms. The number of aryl methyl sites for hydroxylation is 2. The van der Waals surface area contributed by atoms with Crippen LogP contribution in [0.2, 0.25) is 0 Å². The van der Waals surface area contributed by atoms with Crippen LogP contribution in [0.1, 0.15) is 18.2 Å². The summed E-state index contributed by atoms with van der Waals surface area (Å²) in [6, 6.07) is 5.04. The fourth-order valence-corrected chi connectivity index (χ4v) is 2.08. The highest BCUT2D eigenvalue weighted by atomic mass is 35.5. The first-order valence-electron chi connectivity index (χ1n) is 7.51. The smallest absolute Gasteiger partial charge is 0.324 e. The van der Waals surface area contributed by atoms with Crippen molar-refractivity contribution in [2.45, 2.75) is 19.8 Å². The second-order valence-corrected chi connectivity index (χ2v) is 5.43. The lowest BCUT2D eigenvalue weighted by Gasteiger charge is -1.97. The van der Waals surface area contributed by atoms with Crippen LogP contribution in [0, 0.1) is 30.3 Å². The number of nitro benzene ring substituents is 3. The SMILES string of the molecule is CCc1ccc(CCCl)nc1.O=[N+]([O-])c1cc([N+](=O)[O-])c(O)c([N+](=O)[O-])c1. The van der Waals surface area contributed by atoms with E-state index in [-0.39, 0.29) is 0 Å². The molecule has 1 aromatic carbocycles. The zero-order valence-electron chi connectivity index (χ0n) is 14.1. The van der Waals surface area contributed by atoms with Gasteiger partial charge in [-0.2, -0.15) is 0 Å². The highest BCUT2D eigenvalue weighted by molar-refractivity contribution is 6.17. The number of hydrogen-bond acceptors (Lipinski definition) is 8. The molecule has 27 heavy (non-hydrogen) atoms. The third-order valence-electron chi connectivity index (χ3n) is 3.30. The highest BCUT2D eigenvalue weighted by Gasteiger charge is 2.30. The van der Waals surface area contributed by atoms with E-state index >= 15 is 0 Å². The van der Waals surface area contributed by atoms with Crippen molar-refractivity contribution in [2.75, 3.05) is 5.88 Å². The molecule has 1 heterocycles. The summed E-state index contributed by atoms with van der Waals surface area (Å²) >= 11 is 5.57. The first kappa shape index (κ1) is 21.7. The molecule has 2 aromatic rings. The summed E-state index contributed by atoms with van der Waals surface area (Å²) in [4.78, 5) is 32.0. The average Bonchev–Trinajstić information content (AvgIpc) is 2.62. The zero-order chi connectivity index (χ0) is 20.6. The Morgan fingerprint density at radius 1 is 1.04 bits per heavy atom. The minimum atomic E-state index is -1.21. The van der Waals surface area contributed by atoms with Gasteiger partial charge in [0.25, 0.3) is 11.4 Å². The van der Waals surface area contributed by atoms with E-state index in [1.165, 1.54) is 5.56 Å². The Balaban J connectivity index is 0.000000289. The predicted molar refractivity (Wildman–Crippen MR) is 96.1 cm³/mol. The van der Waals surface area contributed by atoms with Crippen LogP contribution >= 0.6 is 11.6 Å². The molecule has 0 saturated heterocycles. The minimum absolute atomic E-state index is 0.447. The van der Waals surface area contributed by atoms with Crippen LogP contribution in [-0.4, -0.2) is 30.7 Å². The zero-order valence-corrected chi connectivity index (χ0v) is 14.8. The Morgan fingerprint density at radius 2 is 1.59 bits per heavy atom. The van der Waals surface area contributed by atoms with Crippen LogP contribution in [0.25, 0.3) is 0 Å². The number of alkyl halides is 1. The van der Waals surface area contributed by atoms with Crippen LogP contribution in [0.3, 0.4) is 0 Å². The van der Waals surface area contributed by atoms with Gasteiger partial charge in [0.2, 0.25) is 0 Å². The molecular weight excluding hydrogens is 384 g/mol. The third-order valence-corrected chi connectivity index (χ3v) is 3.49. The third kappa shape index (κ3) is 6.15. The minimum Gasteiger partial charge on any atom is -0.497 e. The normalized spacial score (nSPS) is 9.85. The van der Waals surface area contributed by atoms with Gasteiger partial charge in [0, 0.05) is 24.2 Å². The van der Waals surface area contributed by atoms with Crippen LogP contribution in [0.4, 0.5) is 17.1 Å². The van der Waals surface area contributed by atoms with E-state index in [0.717, 1.165) is 18.5 Å². The Morgan fingerprint density at radius 3 is 1.93 bits per heavy atom. The molecule has 0 fully saturated rings. The summed E-state index contributed by atoms with van der Waals surface area (Å²) < 4.78 is 0. The maximum atomic E-state index is 10.4. The van der Waals surface area contributed by atoms with Crippen molar-refractivity contribution in [1.82, 2.24) is 4.98 Å². The van der Waals surface area contributed by atoms with Gasteiger partial charge in [-0.05, 0) is 18.1 Å². The number of phenolic OH excluding ortho intramolecular Hbond substituents is 1. The van der Waals surface area contributed by atoms with E-state index < -0.39 is 37.6 Å². The number of pyridine rings is 1. The molecule has 0 radical (unpaired) electrons. The summed E-state index contributed by atoms with van der Waals surface area (Å²) in [6.07, 6.45) is 3.83. The summed E-state index contributed by atoms with van der Waals surface area (Å²) in [5, 5.41) is 40.2. The number of aromatic hydroxyl groups is 1. The van der Waals surface area contributed by atoms with Crippen molar-refractivity contribution in [3.8, 4) is 5.75 Å². The number of halogens is 1. The molecule has 0 atom stereocenters. The molecule has 0 aliphatic rings. The lowest BCUT2D eigenvalue weighted by Crippen LogP contribution is -1.97. The number of rotatable bonds is 6. The molecule has 11 nitrogen and oxygen atoms in total. The second-order valence-electron chi connectivity index (χ2n) is 5.05. The van der Waals surface area contributed by atoms with Crippen molar-refractivity contribution in [2.24, 2.45) is 0 Å². The lowest BCUT2D eigenvalue weighted by atomic mass is 10.2. The first-order valence-corrected chi connectivity index (χ1v) is 8.04. The summed E-state index contributed by atoms with van der Waals surface area (Å²) in [5.74, 6) is -0.557. The molecule has 1 aromatic heterocycles. The molecule has 0 aliphatic heterocycles. The standard InChI is InChI=1S/C9H12ClN.C6H3N3O7/c1-2-8-3-4-9(5-6-10)11-7-8;10-6-4(8(13)14)1-3(7(11)12)2-5(6)9(15)16/h3-4,7H,2,5-6H2,1H3;1-2,10H. The molecule has 0 amide bonds. The van der Waals surface area contributed by atoms with Gasteiger partial charge in [-0.3, -0.25) is 35.3 Å². The molecule has 144 valence electrons. The Labute approximate surface area is 157 Å². The second kappa shape index (κ2) is 9.97. The Kier molecular flexibility index (Phi) is 8.01. The van der Waals surface area contributed by atoms with E-state index in [0.29, 0.717) is 18.0 Å². The van der Waals surface area contributed by atoms with Crippen molar-refractivity contribution in [3.05, 3.63) is 72.1 Å². The number of non-ortho nitro benzene ring substituents is 1. The number of phenols is 1. The number of nitro groups is 3. The van der Waals surface area contributed by atoms with E-state index in [2.05, 4.69) is 18.0 Å². The summed E-state index contributed by atoms with van der Waals surface area (Å²) in [7, 11) is 0. The van der Waals surface area contributed by atoms with Gasteiger partial charge >= 0.3 is 11.4 Å². The van der Waals surface area contributed by atoms with E-state index in [1.54, 1.807) is 0 Å². The van der Waals surface area contributed by atoms with Crippen LogP contribution in [0.15, 0.2) is 30.5 Å². The van der Waals surface area contributed by atoms with Crippen LogP contribution in [0.5, 0.6) is 5.75 Å². The monoisotopic (exact) mass is 398 g/mol. The number of hydrogen-bond donors (Lipinski definition) is 1. The predicted octanol–water partition coefficient (Wildman–Crippen LogP) is 3.54. The molecule has 0 aliphatic carbocycles. The topological polar surface area (TPSA) is 163 Å². The van der Waals surface area contributed by atoms with Gasteiger partial charge in [0.1, 0.15) is 0 Å². The number of benzene rings is 1. The van der Waals surface area contributed by atoms with E-state index in [9.17, 15) is 30.3 Å². The fourth-order valence-electron chi connectivity index (χ4n) is 1.88.